The first-order valence-electron chi connectivity index (χ1n) is 13.9. The molecule has 1 aliphatic rings. The van der Waals surface area contributed by atoms with Gasteiger partial charge in [-0.1, -0.05) is 54.6 Å². The molecule has 45 heavy (non-hydrogen) atoms. The van der Waals surface area contributed by atoms with E-state index in [1.807, 2.05) is 0 Å². The predicted octanol–water partition coefficient (Wildman–Crippen LogP) is 3.62. The number of nitrogen functional groups attached to an aromatic ring is 1. The van der Waals surface area contributed by atoms with Gasteiger partial charge in [0.1, 0.15) is 12.7 Å². The molecule has 3 aromatic carbocycles. The molecule has 0 saturated carbocycles. The van der Waals surface area contributed by atoms with Gasteiger partial charge in [0.25, 0.3) is 0 Å². The average Bonchev–Trinajstić information content (AvgIpc) is 3.65. The fourth-order valence-electron chi connectivity index (χ4n) is 4.88. The highest BCUT2D eigenvalue weighted by atomic mass is 16.7. The van der Waals surface area contributed by atoms with Gasteiger partial charge in [0.2, 0.25) is 0 Å². The summed E-state index contributed by atoms with van der Waals surface area (Å²) in [6.45, 7) is -0.344. The lowest BCUT2D eigenvalue weighted by Crippen LogP contribution is -2.41. The maximum Gasteiger partial charge on any atom is 0.338 e. The lowest BCUT2D eigenvalue weighted by molar-refractivity contribution is -0.0606. The summed E-state index contributed by atoms with van der Waals surface area (Å²) in [5.41, 5.74) is 7.38. The molecule has 0 bridgehead atoms. The fourth-order valence-corrected chi connectivity index (χ4v) is 4.88. The van der Waals surface area contributed by atoms with Crippen LogP contribution in [-0.2, 0) is 18.9 Å². The van der Waals surface area contributed by atoms with Gasteiger partial charge in [0.15, 0.2) is 35.4 Å². The van der Waals surface area contributed by atoms with Crippen LogP contribution in [0.15, 0.2) is 97.3 Å². The smallest absolute Gasteiger partial charge is 0.338 e. The first-order chi connectivity index (χ1) is 21.9. The Bertz CT molecular complexity index is 1820. The van der Waals surface area contributed by atoms with Crippen LogP contribution < -0.4 is 10.5 Å². The number of aromatic nitrogens is 4. The maximum absolute atomic E-state index is 13.4. The summed E-state index contributed by atoms with van der Waals surface area (Å²) >= 11 is 0. The largest absolute Gasteiger partial charge is 0.467 e. The van der Waals surface area contributed by atoms with Gasteiger partial charge in [-0.05, 0) is 36.4 Å². The third kappa shape index (κ3) is 6.15. The monoisotopic (exact) mass is 609 g/mol. The SMILES string of the molecule is COc1nc(N)c2ncn(C3O[C@H](COC(=O)c4ccccc4)[C@@H](OC(=O)c4ccccc4)[C@H]3OC(=O)c3ccccc3)c2n1. The Hall–Kier alpha value is -5.82. The van der Waals surface area contributed by atoms with Crippen molar-refractivity contribution in [1.82, 2.24) is 19.5 Å². The molecule has 0 spiro atoms. The summed E-state index contributed by atoms with van der Waals surface area (Å²) in [6, 6.07) is 25.0. The Morgan fingerprint density at radius 2 is 1.31 bits per heavy atom. The number of hydrogen-bond donors (Lipinski definition) is 1. The molecule has 4 atom stereocenters. The molecule has 0 aliphatic carbocycles. The van der Waals surface area contributed by atoms with Gasteiger partial charge in [0, 0.05) is 0 Å². The highest BCUT2D eigenvalue weighted by molar-refractivity contribution is 5.91. The van der Waals surface area contributed by atoms with E-state index >= 15 is 0 Å². The number of anilines is 1. The summed E-state index contributed by atoms with van der Waals surface area (Å²) in [6.07, 6.45) is -3.35. The van der Waals surface area contributed by atoms with E-state index in [4.69, 9.17) is 29.4 Å². The van der Waals surface area contributed by atoms with Gasteiger partial charge in [0.05, 0.1) is 30.1 Å². The van der Waals surface area contributed by atoms with E-state index in [2.05, 4.69) is 15.0 Å². The van der Waals surface area contributed by atoms with Crippen LogP contribution in [0.25, 0.3) is 11.2 Å². The lowest BCUT2D eigenvalue weighted by Gasteiger charge is -2.25. The van der Waals surface area contributed by atoms with Crippen molar-refractivity contribution in [1.29, 1.82) is 0 Å². The predicted molar refractivity (Wildman–Crippen MR) is 158 cm³/mol. The number of ether oxygens (including phenoxy) is 5. The van der Waals surface area contributed by atoms with Crippen molar-refractivity contribution < 1.29 is 38.1 Å². The number of benzene rings is 3. The second-order valence-corrected chi connectivity index (χ2v) is 9.92. The molecule has 2 aromatic heterocycles. The van der Waals surface area contributed by atoms with Crippen molar-refractivity contribution >= 4 is 34.9 Å². The molecule has 5 aromatic rings. The molecule has 1 aliphatic heterocycles. The number of methoxy groups -OCH3 is 1. The molecule has 6 rings (SSSR count). The van der Waals surface area contributed by atoms with Crippen molar-refractivity contribution in [3.8, 4) is 6.01 Å². The zero-order valence-electron chi connectivity index (χ0n) is 23.9. The lowest BCUT2D eigenvalue weighted by atomic mass is 10.1. The third-order valence-electron chi connectivity index (χ3n) is 7.06. The summed E-state index contributed by atoms with van der Waals surface area (Å²) in [5, 5.41) is 0. The minimum absolute atomic E-state index is 0.0297. The van der Waals surface area contributed by atoms with Crippen molar-refractivity contribution in [2.75, 3.05) is 19.5 Å². The highest BCUT2D eigenvalue weighted by Crippen LogP contribution is 2.37. The van der Waals surface area contributed by atoms with Crippen LogP contribution in [0, 0.1) is 0 Å². The van der Waals surface area contributed by atoms with Crippen molar-refractivity contribution in [3.05, 3.63) is 114 Å². The van der Waals surface area contributed by atoms with E-state index in [1.165, 1.54) is 18.0 Å². The molecule has 1 fully saturated rings. The molecular formula is C32H27N5O8. The molecule has 2 N–H and O–H groups in total. The van der Waals surface area contributed by atoms with Crippen LogP contribution in [0.4, 0.5) is 5.82 Å². The first kappa shape index (κ1) is 29.3. The number of imidazole rings is 1. The van der Waals surface area contributed by atoms with Crippen LogP contribution in [0.3, 0.4) is 0 Å². The summed E-state index contributed by atoms with van der Waals surface area (Å²) < 4.78 is 30.6. The van der Waals surface area contributed by atoms with Gasteiger partial charge in [-0.2, -0.15) is 9.97 Å². The molecule has 0 amide bonds. The normalized spacial score (nSPS) is 19.1. The topological polar surface area (TPSA) is 167 Å². The Kier molecular flexibility index (Phi) is 8.33. The van der Waals surface area contributed by atoms with Crippen LogP contribution in [0.1, 0.15) is 37.3 Å². The Morgan fingerprint density at radius 3 is 1.87 bits per heavy atom. The minimum Gasteiger partial charge on any atom is -0.467 e. The second-order valence-electron chi connectivity index (χ2n) is 9.92. The standard InChI is InChI=1S/C32H27N5O8/c1-41-32-35-26(33)23-27(36-32)37(18-34-23)28-25(45-31(40)21-15-9-4-10-16-21)24(44-30(39)20-13-7-3-8-14-20)22(43-28)17-42-29(38)19-11-5-2-6-12-19/h2-16,18,22,24-25,28H,17H2,1H3,(H2,33,35,36)/t22-,24-,25-,28?/m1/s1. The molecule has 0 radical (unpaired) electrons. The highest BCUT2D eigenvalue weighted by Gasteiger charge is 2.52. The first-order valence-corrected chi connectivity index (χ1v) is 13.9. The van der Waals surface area contributed by atoms with E-state index in [9.17, 15) is 14.4 Å². The van der Waals surface area contributed by atoms with Gasteiger partial charge >= 0.3 is 23.9 Å². The Morgan fingerprint density at radius 1 is 0.778 bits per heavy atom. The summed E-state index contributed by atoms with van der Waals surface area (Å²) in [4.78, 5) is 52.4. The molecule has 3 heterocycles. The van der Waals surface area contributed by atoms with E-state index in [0.717, 1.165) is 0 Å². The Balaban J connectivity index is 1.39. The average molecular weight is 610 g/mol. The van der Waals surface area contributed by atoms with Crippen LogP contribution in [0.2, 0.25) is 0 Å². The van der Waals surface area contributed by atoms with E-state index in [1.54, 1.807) is 91.0 Å². The number of nitrogens with zero attached hydrogens (tertiary/aromatic N) is 4. The molecule has 1 saturated heterocycles. The molecule has 228 valence electrons. The third-order valence-corrected chi connectivity index (χ3v) is 7.06. The molecule has 1 unspecified atom stereocenters. The van der Waals surface area contributed by atoms with Gasteiger partial charge in [-0.25, -0.2) is 19.4 Å². The number of carbonyl (C=O) groups excluding carboxylic acids is 3. The number of nitrogens with two attached hydrogens (primary N) is 1. The van der Waals surface area contributed by atoms with Crippen molar-refractivity contribution in [2.45, 2.75) is 24.5 Å². The van der Waals surface area contributed by atoms with E-state index < -0.39 is 42.4 Å². The fraction of sp³-hybridized carbons (Fsp3) is 0.188. The van der Waals surface area contributed by atoms with Crippen LogP contribution in [0.5, 0.6) is 6.01 Å². The summed E-state index contributed by atoms with van der Waals surface area (Å²) in [5.74, 6) is -1.97. The number of esters is 3. The molecule has 13 heteroatoms. The maximum atomic E-state index is 13.4. The van der Waals surface area contributed by atoms with Gasteiger partial charge < -0.3 is 29.4 Å². The second kappa shape index (κ2) is 12.8. The van der Waals surface area contributed by atoms with Crippen molar-refractivity contribution in [3.63, 3.8) is 0 Å². The van der Waals surface area contributed by atoms with Gasteiger partial charge in [-0.3, -0.25) is 4.57 Å². The van der Waals surface area contributed by atoms with Gasteiger partial charge in [-0.15, -0.1) is 0 Å². The molecular weight excluding hydrogens is 582 g/mol. The Labute approximate surface area is 256 Å². The van der Waals surface area contributed by atoms with Crippen LogP contribution in [-0.4, -0.2) is 69.5 Å². The number of carbonyl (C=O) groups is 3. The number of fused-ring (bicyclic) bond motifs is 1. The number of hydrogen-bond acceptors (Lipinski definition) is 12. The van der Waals surface area contributed by atoms with E-state index in [-0.39, 0.29) is 40.7 Å². The van der Waals surface area contributed by atoms with E-state index in [0.29, 0.717) is 5.56 Å². The quantitative estimate of drug-likeness (QED) is 0.191. The minimum atomic E-state index is -1.26. The zero-order valence-corrected chi connectivity index (χ0v) is 23.9. The van der Waals surface area contributed by atoms with Crippen LogP contribution >= 0.6 is 0 Å². The zero-order chi connectivity index (χ0) is 31.3. The molecule has 13 nitrogen and oxygen atoms in total. The number of rotatable bonds is 9. The summed E-state index contributed by atoms with van der Waals surface area (Å²) in [7, 11) is 1.38. The van der Waals surface area contributed by atoms with Crippen molar-refractivity contribution in [2.24, 2.45) is 0 Å².